The summed E-state index contributed by atoms with van der Waals surface area (Å²) in [5.41, 5.74) is 2.63. The van der Waals surface area contributed by atoms with Crippen molar-refractivity contribution in [1.29, 1.82) is 0 Å². The Morgan fingerprint density at radius 1 is 0.871 bits per heavy atom. The summed E-state index contributed by atoms with van der Waals surface area (Å²) < 4.78 is 16.7. The highest BCUT2D eigenvalue weighted by Crippen LogP contribution is 2.28. The third-order valence-corrected chi connectivity index (χ3v) is 5.08. The predicted molar refractivity (Wildman–Crippen MR) is 122 cm³/mol. The Labute approximate surface area is 184 Å². The van der Waals surface area contributed by atoms with Gasteiger partial charge < -0.3 is 19.5 Å². The molecular formula is C26H29NO4. The number of para-hydroxylation sites is 2. The first-order valence-corrected chi connectivity index (χ1v) is 10.4. The number of hydrogen-bond acceptors (Lipinski definition) is 4. The van der Waals surface area contributed by atoms with Gasteiger partial charge in [0.2, 0.25) is 0 Å². The number of rotatable bonds is 10. The van der Waals surface area contributed by atoms with Gasteiger partial charge in [0.05, 0.1) is 14.2 Å². The number of methoxy groups -OCH3 is 2. The molecular weight excluding hydrogens is 390 g/mol. The Morgan fingerprint density at radius 3 is 2.26 bits per heavy atom. The quantitative estimate of drug-likeness (QED) is 0.501. The maximum absolute atomic E-state index is 12.8. The first kappa shape index (κ1) is 22.2. The molecule has 3 aromatic carbocycles. The molecule has 0 heterocycles. The SMILES string of the molecule is COc1ccc(C(=O)N[C@H](C)CCc2ccccc2)cc1COc1ccccc1OC. The van der Waals surface area contributed by atoms with Crippen LogP contribution < -0.4 is 19.5 Å². The average Bonchev–Trinajstić information content (AvgIpc) is 2.82. The maximum atomic E-state index is 12.8. The van der Waals surface area contributed by atoms with Gasteiger partial charge in [-0.15, -0.1) is 0 Å². The lowest BCUT2D eigenvalue weighted by Crippen LogP contribution is -2.33. The normalized spacial score (nSPS) is 11.5. The Balaban J connectivity index is 1.63. The van der Waals surface area contributed by atoms with Gasteiger partial charge in [-0.05, 0) is 55.7 Å². The van der Waals surface area contributed by atoms with Crippen LogP contribution in [0.3, 0.4) is 0 Å². The largest absolute Gasteiger partial charge is 0.496 e. The van der Waals surface area contributed by atoms with E-state index in [-0.39, 0.29) is 18.6 Å². The van der Waals surface area contributed by atoms with Gasteiger partial charge in [-0.25, -0.2) is 0 Å². The highest BCUT2D eigenvalue weighted by molar-refractivity contribution is 5.94. The molecule has 0 aliphatic carbocycles. The molecule has 0 saturated heterocycles. The highest BCUT2D eigenvalue weighted by atomic mass is 16.5. The molecule has 1 amide bonds. The van der Waals surface area contributed by atoms with Crippen LogP contribution in [0.25, 0.3) is 0 Å². The number of hydrogen-bond donors (Lipinski definition) is 1. The van der Waals surface area contributed by atoms with E-state index >= 15 is 0 Å². The van der Waals surface area contributed by atoms with Crippen LogP contribution in [-0.2, 0) is 13.0 Å². The van der Waals surface area contributed by atoms with Crippen molar-refractivity contribution < 1.29 is 19.0 Å². The summed E-state index contributed by atoms with van der Waals surface area (Å²) in [6, 6.07) is 23.2. The van der Waals surface area contributed by atoms with Crippen molar-refractivity contribution in [3.05, 3.63) is 89.5 Å². The molecule has 5 nitrogen and oxygen atoms in total. The summed E-state index contributed by atoms with van der Waals surface area (Å²) in [6.45, 7) is 2.28. The van der Waals surface area contributed by atoms with E-state index in [4.69, 9.17) is 14.2 Å². The fourth-order valence-corrected chi connectivity index (χ4v) is 3.33. The van der Waals surface area contributed by atoms with Crippen molar-refractivity contribution in [1.82, 2.24) is 5.32 Å². The monoisotopic (exact) mass is 419 g/mol. The molecule has 3 aromatic rings. The molecule has 3 rings (SSSR count). The molecule has 0 saturated carbocycles. The van der Waals surface area contributed by atoms with E-state index in [1.54, 1.807) is 26.4 Å². The van der Waals surface area contributed by atoms with Crippen LogP contribution in [0.15, 0.2) is 72.8 Å². The number of nitrogens with one attached hydrogen (secondary N) is 1. The molecule has 0 unspecified atom stereocenters. The zero-order valence-electron chi connectivity index (χ0n) is 18.3. The molecule has 1 atom stereocenters. The lowest BCUT2D eigenvalue weighted by molar-refractivity contribution is 0.0938. The minimum atomic E-state index is -0.109. The summed E-state index contributed by atoms with van der Waals surface area (Å²) in [5, 5.41) is 3.08. The van der Waals surface area contributed by atoms with Crippen molar-refractivity contribution in [3.8, 4) is 17.2 Å². The van der Waals surface area contributed by atoms with Crippen LogP contribution >= 0.6 is 0 Å². The number of benzene rings is 3. The third-order valence-electron chi connectivity index (χ3n) is 5.08. The first-order chi connectivity index (χ1) is 15.1. The van der Waals surface area contributed by atoms with Gasteiger partial charge in [-0.2, -0.15) is 0 Å². The van der Waals surface area contributed by atoms with E-state index in [9.17, 15) is 4.79 Å². The van der Waals surface area contributed by atoms with Gasteiger partial charge in [0.1, 0.15) is 12.4 Å². The molecule has 0 fully saturated rings. The minimum absolute atomic E-state index is 0.0584. The van der Waals surface area contributed by atoms with Gasteiger partial charge in [-0.3, -0.25) is 4.79 Å². The van der Waals surface area contributed by atoms with Crippen LogP contribution in [0.5, 0.6) is 17.2 Å². The van der Waals surface area contributed by atoms with Gasteiger partial charge in [0.25, 0.3) is 5.91 Å². The van der Waals surface area contributed by atoms with Crippen molar-refractivity contribution in [3.63, 3.8) is 0 Å². The van der Waals surface area contributed by atoms with Crippen molar-refractivity contribution in [2.45, 2.75) is 32.4 Å². The second kappa shape index (κ2) is 11.1. The molecule has 0 radical (unpaired) electrons. The zero-order valence-corrected chi connectivity index (χ0v) is 18.3. The Bertz CT molecular complexity index is 988. The summed E-state index contributed by atoms with van der Waals surface area (Å²) in [5.74, 6) is 1.85. The number of amides is 1. The lowest BCUT2D eigenvalue weighted by atomic mass is 10.1. The van der Waals surface area contributed by atoms with Crippen molar-refractivity contribution >= 4 is 5.91 Å². The molecule has 0 aliphatic heterocycles. The molecule has 1 N–H and O–H groups in total. The Hall–Kier alpha value is -3.47. The Morgan fingerprint density at radius 2 is 1.55 bits per heavy atom. The molecule has 0 aromatic heterocycles. The average molecular weight is 420 g/mol. The standard InChI is InChI=1S/C26H29NO4/c1-19(13-14-20-9-5-4-6-10-20)27-26(28)21-15-16-23(29-2)22(17-21)18-31-25-12-8-7-11-24(25)30-3/h4-12,15-17,19H,13-14,18H2,1-3H3,(H,27,28)/t19-/m1/s1. The first-order valence-electron chi connectivity index (χ1n) is 10.4. The van der Waals surface area contributed by atoms with Gasteiger partial charge in [-0.1, -0.05) is 42.5 Å². The van der Waals surface area contributed by atoms with E-state index in [1.165, 1.54) is 5.56 Å². The number of ether oxygens (including phenoxy) is 3. The summed E-state index contributed by atoms with van der Waals surface area (Å²) in [6.07, 6.45) is 1.79. The fourth-order valence-electron chi connectivity index (χ4n) is 3.33. The summed E-state index contributed by atoms with van der Waals surface area (Å²) in [7, 11) is 3.21. The van der Waals surface area contributed by atoms with Crippen LogP contribution in [0.4, 0.5) is 0 Å². The molecule has 5 heteroatoms. The predicted octanol–water partition coefficient (Wildman–Crippen LogP) is 5.03. The van der Waals surface area contributed by atoms with Gasteiger partial charge >= 0.3 is 0 Å². The second-order valence-electron chi connectivity index (χ2n) is 7.36. The van der Waals surface area contributed by atoms with Crippen LogP contribution in [0, 0.1) is 0 Å². The van der Waals surface area contributed by atoms with E-state index in [1.807, 2.05) is 55.5 Å². The summed E-state index contributed by atoms with van der Waals surface area (Å²) >= 11 is 0. The lowest BCUT2D eigenvalue weighted by Gasteiger charge is -2.16. The topological polar surface area (TPSA) is 56.8 Å². The molecule has 0 spiro atoms. The third kappa shape index (κ3) is 6.25. The maximum Gasteiger partial charge on any atom is 0.251 e. The molecule has 162 valence electrons. The highest BCUT2D eigenvalue weighted by Gasteiger charge is 2.14. The van der Waals surface area contributed by atoms with E-state index in [2.05, 4.69) is 17.4 Å². The van der Waals surface area contributed by atoms with Gasteiger partial charge in [0, 0.05) is 17.2 Å². The van der Waals surface area contributed by atoms with Crippen molar-refractivity contribution in [2.24, 2.45) is 0 Å². The number of carbonyl (C=O) groups is 1. The Kier molecular flexibility index (Phi) is 7.93. The smallest absolute Gasteiger partial charge is 0.251 e. The van der Waals surface area contributed by atoms with Crippen LogP contribution in [-0.4, -0.2) is 26.2 Å². The summed E-state index contributed by atoms with van der Waals surface area (Å²) in [4.78, 5) is 12.8. The van der Waals surface area contributed by atoms with Crippen LogP contribution in [0.2, 0.25) is 0 Å². The molecule has 31 heavy (non-hydrogen) atoms. The van der Waals surface area contributed by atoms with E-state index < -0.39 is 0 Å². The fraction of sp³-hybridized carbons (Fsp3) is 0.269. The zero-order chi connectivity index (χ0) is 22.1. The number of carbonyl (C=O) groups excluding carboxylic acids is 1. The second-order valence-corrected chi connectivity index (χ2v) is 7.36. The van der Waals surface area contributed by atoms with Crippen LogP contribution in [0.1, 0.15) is 34.8 Å². The van der Waals surface area contributed by atoms with Crippen molar-refractivity contribution in [2.75, 3.05) is 14.2 Å². The minimum Gasteiger partial charge on any atom is -0.496 e. The molecule has 0 aliphatic rings. The van der Waals surface area contributed by atoms with E-state index in [0.29, 0.717) is 22.8 Å². The van der Waals surface area contributed by atoms with Gasteiger partial charge in [0.15, 0.2) is 11.5 Å². The number of aryl methyl sites for hydroxylation is 1. The van der Waals surface area contributed by atoms with E-state index in [0.717, 1.165) is 18.4 Å². The molecule has 0 bridgehead atoms.